The Hall–Kier alpha value is -2.14. The van der Waals surface area contributed by atoms with Crippen LogP contribution in [-0.4, -0.2) is 47.0 Å². The van der Waals surface area contributed by atoms with E-state index in [1.165, 1.54) is 11.1 Å². The van der Waals surface area contributed by atoms with Crippen LogP contribution >= 0.6 is 11.6 Å². The molecular weight excluding hydrogens is 372 g/mol. The lowest BCUT2D eigenvalue weighted by Gasteiger charge is -2.33. The summed E-state index contributed by atoms with van der Waals surface area (Å²) >= 11 is 6.29. The lowest BCUT2D eigenvalue weighted by atomic mass is 9.91. The van der Waals surface area contributed by atoms with E-state index in [9.17, 15) is 4.79 Å². The highest BCUT2D eigenvalue weighted by Crippen LogP contribution is 2.24. The number of anilines is 1. The van der Waals surface area contributed by atoms with Gasteiger partial charge in [-0.15, -0.1) is 0 Å². The summed E-state index contributed by atoms with van der Waals surface area (Å²) in [5.74, 6) is 0.934. The van der Waals surface area contributed by atoms with Crippen LogP contribution in [0.5, 0.6) is 0 Å². The van der Waals surface area contributed by atoms with Crippen molar-refractivity contribution in [1.29, 1.82) is 0 Å². The SMILES string of the molecule is CCN(CC)c1ncc(Cl)c(C(=O)N2CCC[C@@H](Cc3ccc(C)cc3)C2)n1. The molecule has 1 atom stereocenters. The number of rotatable bonds is 6. The zero-order chi connectivity index (χ0) is 20.1. The predicted molar refractivity (Wildman–Crippen MR) is 114 cm³/mol. The molecule has 1 aliphatic rings. The van der Waals surface area contributed by atoms with E-state index in [1.807, 2.05) is 23.6 Å². The molecule has 1 fully saturated rings. The van der Waals surface area contributed by atoms with Crippen molar-refractivity contribution < 1.29 is 4.79 Å². The van der Waals surface area contributed by atoms with E-state index in [0.29, 0.717) is 22.6 Å². The van der Waals surface area contributed by atoms with E-state index < -0.39 is 0 Å². The number of carbonyl (C=O) groups excluding carboxylic acids is 1. The Labute approximate surface area is 172 Å². The smallest absolute Gasteiger partial charge is 0.274 e. The number of amides is 1. The third-order valence-electron chi connectivity index (χ3n) is 5.43. The number of nitrogens with zero attached hydrogens (tertiary/aromatic N) is 4. The van der Waals surface area contributed by atoms with Crippen LogP contribution in [0, 0.1) is 12.8 Å². The fourth-order valence-corrected chi connectivity index (χ4v) is 3.96. The van der Waals surface area contributed by atoms with Gasteiger partial charge in [0.25, 0.3) is 5.91 Å². The molecule has 28 heavy (non-hydrogen) atoms. The molecule has 3 rings (SSSR count). The molecule has 0 N–H and O–H groups in total. The summed E-state index contributed by atoms with van der Waals surface area (Å²) in [6.45, 7) is 9.26. The van der Waals surface area contributed by atoms with Crippen LogP contribution in [0.25, 0.3) is 0 Å². The van der Waals surface area contributed by atoms with Crippen molar-refractivity contribution in [1.82, 2.24) is 14.9 Å². The van der Waals surface area contributed by atoms with E-state index in [0.717, 1.165) is 45.4 Å². The van der Waals surface area contributed by atoms with E-state index >= 15 is 0 Å². The molecule has 0 unspecified atom stereocenters. The standard InChI is InChI=1S/C22H29ClN4O/c1-4-26(5-2)22-24-14-19(23)20(25-22)21(28)27-12-6-7-18(15-27)13-17-10-8-16(3)9-11-17/h8-11,14,18H,4-7,12-13,15H2,1-3H3/t18-/m0/s1. The number of hydrogen-bond acceptors (Lipinski definition) is 4. The van der Waals surface area contributed by atoms with Crippen molar-refractivity contribution in [2.24, 2.45) is 5.92 Å². The van der Waals surface area contributed by atoms with Crippen LogP contribution in [0.3, 0.4) is 0 Å². The second-order valence-electron chi connectivity index (χ2n) is 7.49. The maximum absolute atomic E-state index is 13.1. The molecule has 1 aliphatic heterocycles. The molecule has 1 saturated heterocycles. The molecule has 0 bridgehead atoms. The summed E-state index contributed by atoms with van der Waals surface area (Å²) in [7, 11) is 0. The molecule has 2 aromatic rings. The van der Waals surface area contributed by atoms with Gasteiger partial charge >= 0.3 is 0 Å². The minimum atomic E-state index is -0.0885. The first kappa shape index (κ1) is 20.6. The Bertz CT molecular complexity index is 805. The largest absolute Gasteiger partial charge is 0.341 e. The lowest BCUT2D eigenvalue weighted by molar-refractivity contribution is 0.0667. The third kappa shape index (κ3) is 4.82. The summed E-state index contributed by atoms with van der Waals surface area (Å²) in [6.07, 6.45) is 4.68. The van der Waals surface area contributed by atoms with Gasteiger partial charge in [0.15, 0.2) is 5.69 Å². The number of carbonyl (C=O) groups is 1. The van der Waals surface area contributed by atoms with Gasteiger partial charge in [0, 0.05) is 26.2 Å². The highest BCUT2D eigenvalue weighted by molar-refractivity contribution is 6.33. The van der Waals surface area contributed by atoms with Gasteiger partial charge in [0.1, 0.15) is 0 Å². The van der Waals surface area contributed by atoms with Gasteiger partial charge in [-0.25, -0.2) is 9.97 Å². The van der Waals surface area contributed by atoms with Gasteiger partial charge in [0.05, 0.1) is 11.2 Å². The highest BCUT2D eigenvalue weighted by Gasteiger charge is 2.27. The van der Waals surface area contributed by atoms with Crippen molar-refractivity contribution in [3.8, 4) is 0 Å². The van der Waals surface area contributed by atoms with Crippen molar-refractivity contribution in [3.05, 3.63) is 52.3 Å². The Morgan fingerprint density at radius 3 is 2.64 bits per heavy atom. The summed E-state index contributed by atoms with van der Waals surface area (Å²) in [5, 5.41) is 0.321. The first-order valence-corrected chi connectivity index (χ1v) is 10.5. The molecule has 5 nitrogen and oxygen atoms in total. The Morgan fingerprint density at radius 2 is 1.96 bits per heavy atom. The van der Waals surface area contributed by atoms with E-state index in [2.05, 4.69) is 41.2 Å². The van der Waals surface area contributed by atoms with Gasteiger partial charge in [-0.05, 0) is 51.5 Å². The Morgan fingerprint density at radius 1 is 1.25 bits per heavy atom. The maximum atomic E-state index is 13.1. The Kier molecular flexibility index (Phi) is 6.89. The average Bonchev–Trinajstić information content (AvgIpc) is 2.71. The fourth-order valence-electron chi connectivity index (χ4n) is 3.79. The molecular formula is C22H29ClN4O. The zero-order valence-corrected chi connectivity index (χ0v) is 17.7. The number of hydrogen-bond donors (Lipinski definition) is 0. The zero-order valence-electron chi connectivity index (χ0n) is 17.0. The van der Waals surface area contributed by atoms with Crippen molar-refractivity contribution >= 4 is 23.5 Å². The van der Waals surface area contributed by atoms with E-state index in [4.69, 9.17) is 11.6 Å². The van der Waals surface area contributed by atoms with Gasteiger partial charge in [-0.1, -0.05) is 41.4 Å². The van der Waals surface area contributed by atoms with Crippen molar-refractivity contribution in [2.75, 3.05) is 31.1 Å². The minimum Gasteiger partial charge on any atom is -0.341 e. The minimum absolute atomic E-state index is 0.0885. The number of benzene rings is 1. The number of halogens is 1. The van der Waals surface area contributed by atoms with Gasteiger partial charge in [-0.3, -0.25) is 4.79 Å². The third-order valence-corrected chi connectivity index (χ3v) is 5.71. The van der Waals surface area contributed by atoms with Crippen molar-refractivity contribution in [3.63, 3.8) is 0 Å². The summed E-state index contributed by atoms with van der Waals surface area (Å²) < 4.78 is 0. The molecule has 0 radical (unpaired) electrons. The van der Waals surface area contributed by atoms with Crippen LogP contribution in [0.4, 0.5) is 5.95 Å². The van der Waals surface area contributed by atoms with Crippen LogP contribution in [0.1, 0.15) is 48.3 Å². The number of piperidine rings is 1. The van der Waals surface area contributed by atoms with E-state index in [-0.39, 0.29) is 5.91 Å². The molecule has 2 heterocycles. The predicted octanol–water partition coefficient (Wildman–Crippen LogP) is 4.38. The summed E-state index contributed by atoms with van der Waals surface area (Å²) in [6, 6.07) is 8.68. The average molecular weight is 401 g/mol. The number of aromatic nitrogens is 2. The lowest BCUT2D eigenvalue weighted by Crippen LogP contribution is -2.41. The maximum Gasteiger partial charge on any atom is 0.274 e. The topological polar surface area (TPSA) is 49.3 Å². The van der Waals surface area contributed by atoms with Crippen LogP contribution < -0.4 is 4.90 Å². The first-order valence-electron chi connectivity index (χ1n) is 10.1. The second kappa shape index (κ2) is 9.37. The van der Waals surface area contributed by atoms with Crippen LogP contribution in [0.2, 0.25) is 5.02 Å². The molecule has 1 aromatic heterocycles. The van der Waals surface area contributed by atoms with Gasteiger partial charge in [0.2, 0.25) is 5.95 Å². The molecule has 0 spiro atoms. The van der Waals surface area contributed by atoms with E-state index in [1.54, 1.807) is 6.20 Å². The number of aryl methyl sites for hydroxylation is 1. The first-order chi connectivity index (χ1) is 13.5. The normalized spacial score (nSPS) is 16.9. The molecule has 0 saturated carbocycles. The van der Waals surface area contributed by atoms with Gasteiger partial charge in [-0.2, -0.15) is 0 Å². The molecule has 0 aliphatic carbocycles. The monoisotopic (exact) mass is 400 g/mol. The van der Waals surface area contributed by atoms with Crippen LogP contribution in [0.15, 0.2) is 30.5 Å². The van der Waals surface area contributed by atoms with Crippen molar-refractivity contribution in [2.45, 2.75) is 40.0 Å². The fraction of sp³-hybridized carbons (Fsp3) is 0.500. The van der Waals surface area contributed by atoms with Crippen LogP contribution in [-0.2, 0) is 6.42 Å². The summed E-state index contributed by atoms with van der Waals surface area (Å²) in [5.41, 5.74) is 2.91. The van der Waals surface area contributed by atoms with Gasteiger partial charge < -0.3 is 9.80 Å². The number of likely N-dealkylation sites (tertiary alicyclic amines) is 1. The molecule has 6 heteroatoms. The Balaban J connectivity index is 1.73. The molecule has 1 amide bonds. The molecule has 1 aromatic carbocycles. The molecule has 150 valence electrons. The second-order valence-corrected chi connectivity index (χ2v) is 7.90. The quantitative estimate of drug-likeness (QED) is 0.722. The summed E-state index contributed by atoms with van der Waals surface area (Å²) in [4.78, 5) is 25.9. The highest BCUT2D eigenvalue weighted by atomic mass is 35.5.